The summed E-state index contributed by atoms with van der Waals surface area (Å²) in [4.78, 5) is 0. The molecule has 0 saturated heterocycles. The van der Waals surface area contributed by atoms with Crippen LogP contribution in [0.3, 0.4) is 0 Å². The SMILES string of the molecule is [C]1=CCO1. The first-order valence-electron chi connectivity index (χ1n) is 1.19. The van der Waals surface area contributed by atoms with E-state index in [0.717, 1.165) is 6.61 Å². The maximum absolute atomic E-state index is 4.42. The average molecular weight is 55.1 g/mol. The Morgan fingerprint density at radius 2 is 2.25 bits per heavy atom. The minimum absolute atomic E-state index is 0.764. The summed E-state index contributed by atoms with van der Waals surface area (Å²) in [5.74, 6) is 0. The first-order chi connectivity index (χ1) is 2.00. The van der Waals surface area contributed by atoms with Crippen LogP contribution in [0.1, 0.15) is 0 Å². The molecule has 0 aromatic carbocycles. The molecule has 0 aromatic heterocycles. The maximum atomic E-state index is 4.42. The molecule has 1 radical (unpaired) electrons. The molecular weight excluding hydrogens is 52.0 g/mol. The standard InChI is InChI=1S/C3H3O/c1-2-4-3-1/h1H,2H2. The third-order valence-electron chi connectivity index (χ3n) is 0.333. The minimum Gasteiger partial charge on any atom is -0.486 e. The van der Waals surface area contributed by atoms with Gasteiger partial charge in [0.15, 0.2) is 6.26 Å². The van der Waals surface area contributed by atoms with Crippen molar-refractivity contribution in [2.45, 2.75) is 0 Å². The van der Waals surface area contributed by atoms with Gasteiger partial charge < -0.3 is 4.74 Å². The summed E-state index contributed by atoms with van der Waals surface area (Å²) in [6.45, 7) is 0.764. The number of hydrogen-bond acceptors (Lipinski definition) is 1. The Bertz CT molecular complexity index is 32.5. The molecule has 0 saturated carbocycles. The molecule has 1 aliphatic heterocycles. The van der Waals surface area contributed by atoms with Crippen molar-refractivity contribution in [3.05, 3.63) is 12.3 Å². The molecule has 4 heavy (non-hydrogen) atoms. The zero-order valence-corrected chi connectivity index (χ0v) is 2.19. The predicted octanol–water partition coefficient (Wildman–Crippen LogP) is 0.333. The molecule has 0 amide bonds. The van der Waals surface area contributed by atoms with Crippen LogP contribution in [0.5, 0.6) is 0 Å². The van der Waals surface area contributed by atoms with Crippen LogP contribution in [0.25, 0.3) is 0 Å². The average Bonchev–Trinajstić information content (AvgIpc) is 0.722. The van der Waals surface area contributed by atoms with Crippen molar-refractivity contribution in [2.24, 2.45) is 0 Å². The molecule has 1 heterocycles. The quantitative estimate of drug-likeness (QED) is 0.388. The van der Waals surface area contributed by atoms with Crippen molar-refractivity contribution >= 4 is 0 Å². The van der Waals surface area contributed by atoms with E-state index in [1.54, 1.807) is 0 Å². The van der Waals surface area contributed by atoms with Crippen LogP contribution in [-0.4, -0.2) is 6.61 Å². The molecule has 0 atom stereocenters. The highest BCUT2D eigenvalue weighted by Crippen LogP contribution is 1.85. The molecule has 1 heteroatoms. The molecule has 21 valence electrons. The van der Waals surface area contributed by atoms with Crippen molar-refractivity contribution in [2.75, 3.05) is 6.61 Å². The van der Waals surface area contributed by atoms with Crippen molar-refractivity contribution in [1.29, 1.82) is 0 Å². The molecule has 0 aliphatic carbocycles. The van der Waals surface area contributed by atoms with E-state index < -0.39 is 0 Å². The van der Waals surface area contributed by atoms with E-state index in [1.807, 2.05) is 6.08 Å². The summed E-state index contributed by atoms with van der Waals surface area (Å²) < 4.78 is 4.42. The Morgan fingerprint density at radius 3 is 2.25 bits per heavy atom. The Kier molecular flexibility index (Phi) is 0.219. The highest BCUT2D eigenvalue weighted by molar-refractivity contribution is 4.74. The van der Waals surface area contributed by atoms with E-state index >= 15 is 0 Å². The molecular formula is C3H3O. The summed E-state index contributed by atoms with van der Waals surface area (Å²) >= 11 is 0. The van der Waals surface area contributed by atoms with Gasteiger partial charge in [-0.25, -0.2) is 0 Å². The molecule has 1 aliphatic rings. The molecule has 0 unspecified atom stereocenters. The Labute approximate surface area is 24.9 Å². The van der Waals surface area contributed by atoms with Crippen LogP contribution >= 0.6 is 0 Å². The van der Waals surface area contributed by atoms with Crippen molar-refractivity contribution in [3.8, 4) is 0 Å². The van der Waals surface area contributed by atoms with Crippen LogP contribution in [0.4, 0.5) is 0 Å². The summed E-state index contributed by atoms with van der Waals surface area (Å²) in [7, 11) is 0. The van der Waals surface area contributed by atoms with Gasteiger partial charge in [0.25, 0.3) is 0 Å². The van der Waals surface area contributed by atoms with Crippen molar-refractivity contribution < 1.29 is 4.74 Å². The summed E-state index contributed by atoms with van der Waals surface area (Å²) in [5, 5.41) is 0. The fourth-order valence-electron chi connectivity index (χ4n) is 0.0833. The van der Waals surface area contributed by atoms with E-state index in [1.165, 1.54) is 0 Å². The molecule has 0 aromatic rings. The lowest BCUT2D eigenvalue weighted by Crippen LogP contribution is -1.90. The maximum Gasteiger partial charge on any atom is 0.160 e. The first-order valence-corrected chi connectivity index (χ1v) is 1.19. The number of rotatable bonds is 0. The molecule has 0 fully saturated rings. The Balaban J connectivity index is 2.47. The predicted molar refractivity (Wildman–Crippen MR) is 13.8 cm³/mol. The van der Waals surface area contributed by atoms with Gasteiger partial charge in [-0.05, 0) is 6.08 Å². The fraction of sp³-hybridized carbons (Fsp3) is 0.333. The first kappa shape index (κ1) is 1.82. The Hall–Kier alpha value is -0.460. The smallest absolute Gasteiger partial charge is 0.160 e. The van der Waals surface area contributed by atoms with Gasteiger partial charge >= 0.3 is 0 Å². The van der Waals surface area contributed by atoms with Gasteiger partial charge in [-0.1, -0.05) is 0 Å². The van der Waals surface area contributed by atoms with Crippen LogP contribution in [0, 0.1) is 6.26 Å². The largest absolute Gasteiger partial charge is 0.486 e. The molecule has 1 rings (SSSR count). The van der Waals surface area contributed by atoms with E-state index in [4.69, 9.17) is 0 Å². The van der Waals surface area contributed by atoms with Gasteiger partial charge in [-0.3, -0.25) is 0 Å². The number of hydrogen-bond donors (Lipinski definition) is 0. The normalized spacial score (nSPS) is 18.0. The monoisotopic (exact) mass is 55.0 g/mol. The lowest BCUT2D eigenvalue weighted by molar-refractivity contribution is 0.217. The lowest BCUT2D eigenvalue weighted by atomic mass is 10.6. The van der Waals surface area contributed by atoms with Crippen LogP contribution in [0.2, 0.25) is 0 Å². The van der Waals surface area contributed by atoms with Crippen molar-refractivity contribution in [1.82, 2.24) is 0 Å². The van der Waals surface area contributed by atoms with E-state index in [2.05, 4.69) is 11.0 Å². The molecule has 1 nitrogen and oxygen atoms in total. The second-order valence-electron chi connectivity index (χ2n) is 0.633. The van der Waals surface area contributed by atoms with Gasteiger partial charge in [-0.2, -0.15) is 0 Å². The van der Waals surface area contributed by atoms with Crippen LogP contribution in [-0.2, 0) is 4.74 Å². The second-order valence-corrected chi connectivity index (χ2v) is 0.633. The third kappa shape index (κ3) is 0.0358. The van der Waals surface area contributed by atoms with E-state index in [0.29, 0.717) is 0 Å². The fourth-order valence-corrected chi connectivity index (χ4v) is 0.0833. The topological polar surface area (TPSA) is 9.23 Å². The lowest BCUT2D eigenvalue weighted by Gasteiger charge is -1.97. The summed E-state index contributed by atoms with van der Waals surface area (Å²) in [6.07, 6.45) is 4.32. The summed E-state index contributed by atoms with van der Waals surface area (Å²) in [5.41, 5.74) is 0. The van der Waals surface area contributed by atoms with Crippen LogP contribution < -0.4 is 0 Å². The van der Waals surface area contributed by atoms with E-state index in [-0.39, 0.29) is 0 Å². The highest BCUT2D eigenvalue weighted by Gasteiger charge is 1.82. The zero-order chi connectivity index (χ0) is 2.83. The van der Waals surface area contributed by atoms with Gasteiger partial charge in [0.1, 0.15) is 6.61 Å². The van der Waals surface area contributed by atoms with Gasteiger partial charge in [0.2, 0.25) is 0 Å². The van der Waals surface area contributed by atoms with Crippen LogP contribution in [0.15, 0.2) is 6.08 Å². The third-order valence-corrected chi connectivity index (χ3v) is 0.333. The molecule has 0 spiro atoms. The molecule has 0 N–H and O–H groups in total. The van der Waals surface area contributed by atoms with E-state index in [9.17, 15) is 0 Å². The summed E-state index contributed by atoms with van der Waals surface area (Å²) in [6, 6.07) is 0. The second kappa shape index (κ2) is 0.481. The van der Waals surface area contributed by atoms with Crippen molar-refractivity contribution in [3.63, 3.8) is 0 Å². The highest BCUT2D eigenvalue weighted by atomic mass is 16.5. The Morgan fingerprint density at radius 1 is 2.00 bits per heavy atom. The van der Waals surface area contributed by atoms with Gasteiger partial charge in [0.05, 0.1) is 0 Å². The molecule has 0 bridgehead atoms. The number of ether oxygens (including phenoxy) is 1. The zero-order valence-electron chi connectivity index (χ0n) is 2.19. The minimum atomic E-state index is 0.764. The van der Waals surface area contributed by atoms with Gasteiger partial charge in [-0.15, -0.1) is 0 Å². The van der Waals surface area contributed by atoms with Gasteiger partial charge in [0, 0.05) is 0 Å².